The molecule has 0 fully saturated rings. The Bertz CT molecular complexity index is 2830. The van der Waals surface area contributed by atoms with Gasteiger partial charge in [-0.2, -0.15) is 4.99 Å². The van der Waals surface area contributed by atoms with E-state index in [9.17, 15) is 0 Å². The molecule has 1 aliphatic rings. The molecule has 242 valence electrons. The van der Waals surface area contributed by atoms with Crippen LogP contribution in [-0.4, -0.2) is 28.3 Å². The summed E-state index contributed by atoms with van der Waals surface area (Å²) < 4.78 is 4.97. The van der Waals surface area contributed by atoms with Crippen molar-refractivity contribution in [1.82, 2.24) is 9.47 Å². The standard InChI is InChI=1S/C46H32N4S/c1-49-45(31-16-6-3-7-17-31)47-44(30-14-4-2-5-15-30)48-46(49)50-40-24-10-8-20-36(40)37-27-26-33(29-41(37)50)32-18-12-19-34(28-32)35-22-13-23-39-38-21-9-11-25-42(38)51-43(35)39/h2-29,45H,1H3. The van der Waals surface area contributed by atoms with Crippen molar-refractivity contribution < 1.29 is 0 Å². The Morgan fingerprint density at radius 3 is 2.02 bits per heavy atom. The number of fused-ring (bicyclic) bond motifs is 6. The van der Waals surface area contributed by atoms with Gasteiger partial charge in [-0.3, -0.25) is 4.57 Å². The lowest BCUT2D eigenvalue weighted by molar-refractivity contribution is 0.372. The Labute approximate surface area is 299 Å². The zero-order valence-electron chi connectivity index (χ0n) is 27.9. The minimum atomic E-state index is -0.235. The molecule has 1 unspecified atom stereocenters. The SMILES string of the molecule is CN1C(n2c3ccccc3c3ccc(-c4cccc(-c5cccc6c5sc5ccccc56)c4)cc32)=NC(c2ccccc2)=NC1c1ccccc1. The van der Waals surface area contributed by atoms with Gasteiger partial charge >= 0.3 is 0 Å². The van der Waals surface area contributed by atoms with Crippen LogP contribution in [0, 0.1) is 0 Å². The Hall–Kier alpha value is -6.30. The van der Waals surface area contributed by atoms with Crippen LogP contribution in [-0.2, 0) is 0 Å². The molecule has 0 N–H and O–H groups in total. The largest absolute Gasteiger partial charge is 0.319 e. The summed E-state index contributed by atoms with van der Waals surface area (Å²) in [4.78, 5) is 12.7. The molecule has 2 aromatic heterocycles. The van der Waals surface area contributed by atoms with Gasteiger partial charge in [0.2, 0.25) is 5.96 Å². The molecule has 4 nitrogen and oxygen atoms in total. The van der Waals surface area contributed by atoms with Gasteiger partial charge < -0.3 is 4.90 Å². The predicted molar refractivity (Wildman–Crippen MR) is 216 cm³/mol. The van der Waals surface area contributed by atoms with E-state index >= 15 is 0 Å². The van der Waals surface area contributed by atoms with Gasteiger partial charge in [-0.1, -0.05) is 146 Å². The number of benzene rings is 7. The minimum absolute atomic E-state index is 0.235. The van der Waals surface area contributed by atoms with E-state index in [-0.39, 0.29) is 6.17 Å². The maximum Gasteiger partial charge on any atom is 0.214 e. The van der Waals surface area contributed by atoms with Crippen molar-refractivity contribution >= 4 is 65.1 Å². The van der Waals surface area contributed by atoms with Crippen molar-refractivity contribution in [2.24, 2.45) is 9.98 Å². The number of hydrogen-bond acceptors (Lipinski definition) is 4. The van der Waals surface area contributed by atoms with Crippen LogP contribution in [0.15, 0.2) is 180 Å². The number of nitrogens with zero attached hydrogens (tertiary/aromatic N) is 4. The van der Waals surface area contributed by atoms with Crippen LogP contribution in [0.3, 0.4) is 0 Å². The van der Waals surface area contributed by atoms with E-state index in [4.69, 9.17) is 9.98 Å². The van der Waals surface area contributed by atoms with Crippen molar-refractivity contribution in [2.75, 3.05) is 7.05 Å². The van der Waals surface area contributed by atoms with Crippen molar-refractivity contribution in [2.45, 2.75) is 6.17 Å². The van der Waals surface area contributed by atoms with E-state index in [1.807, 2.05) is 29.5 Å². The summed E-state index contributed by atoms with van der Waals surface area (Å²) in [7, 11) is 2.10. The van der Waals surface area contributed by atoms with Crippen molar-refractivity contribution in [1.29, 1.82) is 0 Å². The van der Waals surface area contributed by atoms with Crippen molar-refractivity contribution in [3.63, 3.8) is 0 Å². The molecule has 0 aliphatic carbocycles. The Morgan fingerprint density at radius 2 is 1.16 bits per heavy atom. The summed E-state index contributed by atoms with van der Waals surface area (Å²) in [5.41, 5.74) is 9.16. The molecule has 3 heterocycles. The molecule has 0 spiro atoms. The van der Waals surface area contributed by atoms with E-state index in [2.05, 4.69) is 168 Å². The van der Waals surface area contributed by atoms with E-state index in [0.29, 0.717) is 0 Å². The fourth-order valence-corrected chi connectivity index (χ4v) is 8.82. The summed E-state index contributed by atoms with van der Waals surface area (Å²) in [5.74, 6) is 1.56. The molecule has 9 aromatic rings. The molecule has 1 atom stereocenters. The van der Waals surface area contributed by atoms with E-state index in [1.165, 1.54) is 47.6 Å². The van der Waals surface area contributed by atoms with E-state index in [1.54, 1.807) is 0 Å². The molecule has 7 aromatic carbocycles. The summed E-state index contributed by atoms with van der Waals surface area (Å²) in [5, 5.41) is 5.02. The molecule has 5 heteroatoms. The summed E-state index contributed by atoms with van der Waals surface area (Å²) >= 11 is 1.87. The average molecular weight is 673 g/mol. The molecule has 51 heavy (non-hydrogen) atoms. The Kier molecular flexibility index (Phi) is 6.93. The molecule has 0 amide bonds. The van der Waals surface area contributed by atoms with Crippen molar-refractivity contribution in [3.05, 3.63) is 181 Å². The van der Waals surface area contributed by atoms with E-state index in [0.717, 1.165) is 39.5 Å². The molecule has 0 saturated heterocycles. The predicted octanol–water partition coefficient (Wildman–Crippen LogP) is 11.8. The highest BCUT2D eigenvalue weighted by Gasteiger charge is 2.29. The van der Waals surface area contributed by atoms with Crippen LogP contribution in [0.5, 0.6) is 0 Å². The quantitative estimate of drug-likeness (QED) is 0.183. The van der Waals surface area contributed by atoms with Crippen LogP contribution in [0.2, 0.25) is 0 Å². The normalized spacial score (nSPS) is 14.8. The number of thiophene rings is 1. The Morgan fingerprint density at radius 1 is 0.510 bits per heavy atom. The highest BCUT2D eigenvalue weighted by Crippen LogP contribution is 2.41. The average Bonchev–Trinajstić information content (AvgIpc) is 3.74. The Balaban J connectivity index is 1.15. The summed E-state index contributed by atoms with van der Waals surface area (Å²) in [6.07, 6.45) is -0.235. The third-order valence-electron chi connectivity index (χ3n) is 10.0. The third kappa shape index (κ3) is 4.89. The van der Waals surface area contributed by atoms with Gasteiger partial charge in [0.15, 0.2) is 12.0 Å². The topological polar surface area (TPSA) is 32.9 Å². The second kappa shape index (κ2) is 11.9. The number of aromatic nitrogens is 1. The zero-order valence-corrected chi connectivity index (χ0v) is 28.8. The molecule has 0 bridgehead atoms. The number of amidine groups is 1. The van der Waals surface area contributed by atoms with Crippen LogP contribution in [0.1, 0.15) is 17.3 Å². The van der Waals surface area contributed by atoms with Crippen LogP contribution >= 0.6 is 11.3 Å². The lowest BCUT2D eigenvalue weighted by Crippen LogP contribution is -2.39. The van der Waals surface area contributed by atoms with Crippen LogP contribution in [0.25, 0.3) is 64.2 Å². The number of rotatable bonds is 4. The number of para-hydroxylation sites is 1. The number of hydrogen-bond donors (Lipinski definition) is 0. The molecule has 1 aliphatic heterocycles. The molecule has 10 rings (SSSR count). The fraction of sp³-hybridized carbons (Fsp3) is 0.0435. The second-order valence-electron chi connectivity index (χ2n) is 13.1. The number of aliphatic imine (C=N–C) groups is 2. The first-order chi connectivity index (χ1) is 25.2. The van der Waals surface area contributed by atoms with Gasteiger partial charge in [0.05, 0.1) is 11.0 Å². The van der Waals surface area contributed by atoms with Gasteiger partial charge in [-0.25, -0.2) is 4.99 Å². The first-order valence-corrected chi connectivity index (χ1v) is 18.1. The maximum absolute atomic E-state index is 5.31. The highest BCUT2D eigenvalue weighted by atomic mass is 32.1. The maximum atomic E-state index is 5.31. The first-order valence-electron chi connectivity index (χ1n) is 17.3. The van der Waals surface area contributed by atoms with Crippen molar-refractivity contribution in [3.8, 4) is 22.3 Å². The zero-order chi connectivity index (χ0) is 33.9. The lowest BCUT2D eigenvalue weighted by atomic mass is 9.97. The van der Waals surface area contributed by atoms with Crippen LogP contribution in [0.4, 0.5) is 0 Å². The van der Waals surface area contributed by atoms with Gasteiger partial charge in [0, 0.05) is 43.6 Å². The molecule has 0 saturated carbocycles. The smallest absolute Gasteiger partial charge is 0.214 e. The monoisotopic (exact) mass is 672 g/mol. The minimum Gasteiger partial charge on any atom is -0.319 e. The summed E-state index contributed by atoms with van der Waals surface area (Å²) in [6.45, 7) is 0. The summed E-state index contributed by atoms with van der Waals surface area (Å²) in [6, 6.07) is 60.7. The molecule has 0 radical (unpaired) electrons. The third-order valence-corrected chi connectivity index (χ3v) is 11.3. The fourth-order valence-electron chi connectivity index (χ4n) is 7.58. The molecular formula is C46H32N4S. The van der Waals surface area contributed by atoms with Gasteiger partial charge in [-0.15, -0.1) is 11.3 Å². The molecular weight excluding hydrogens is 641 g/mol. The highest BCUT2D eigenvalue weighted by molar-refractivity contribution is 7.26. The lowest BCUT2D eigenvalue weighted by Gasteiger charge is -2.33. The first kappa shape index (κ1) is 29.6. The van der Waals surface area contributed by atoms with Gasteiger partial charge in [-0.05, 0) is 52.1 Å². The van der Waals surface area contributed by atoms with E-state index < -0.39 is 0 Å². The van der Waals surface area contributed by atoms with Gasteiger partial charge in [0.25, 0.3) is 0 Å². The van der Waals surface area contributed by atoms with Gasteiger partial charge in [0.1, 0.15) is 0 Å². The second-order valence-corrected chi connectivity index (χ2v) is 14.1. The van der Waals surface area contributed by atoms with Crippen LogP contribution < -0.4 is 0 Å².